The molecule has 2 fully saturated rings. The van der Waals surface area contributed by atoms with E-state index in [-0.39, 0.29) is 24.2 Å². The average Bonchev–Trinajstić information content (AvgIpc) is 3.13. The summed E-state index contributed by atoms with van der Waals surface area (Å²) >= 11 is 1.74. The molecule has 0 aliphatic carbocycles. The Kier molecular flexibility index (Phi) is 5.86. The summed E-state index contributed by atoms with van der Waals surface area (Å²) in [5, 5.41) is 2.91. The number of hydrogen-bond donors (Lipinski definition) is 1. The Morgan fingerprint density at radius 2 is 2.46 bits per heavy atom. The molecule has 0 saturated carbocycles. The van der Waals surface area contributed by atoms with Crippen molar-refractivity contribution in [1.82, 2.24) is 15.2 Å². The lowest BCUT2D eigenvalue weighted by atomic mass is 9.90. The van der Waals surface area contributed by atoms with Crippen LogP contribution >= 0.6 is 11.3 Å². The van der Waals surface area contributed by atoms with Gasteiger partial charge in [0, 0.05) is 38.2 Å². The topological polar surface area (TPSA) is 63.7 Å². The molecule has 7 heteroatoms. The number of ether oxygens (including phenoxy) is 2. The molecule has 0 radical (unpaired) electrons. The minimum atomic E-state index is -0.0746. The van der Waals surface area contributed by atoms with Gasteiger partial charge in [0.15, 0.2) is 0 Å². The van der Waals surface area contributed by atoms with Crippen LogP contribution in [0.25, 0.3) is 0 Å². The lowest BCUT2D eigenvalue weighted by Gasteiger charge is -2.39. The number of aryl methyl sites for hydroxylation is 1. The number of hydrogen-bond acceptors (Lipinski definition) is 6. The molecule has 1 N–H and O–H groups in total. The van der Waals surface area contributed by atoms with Gasteiger partial charge in [-0.15, -0.1) is 11.3 Å². The molecule has 3 heterocycles. The van der Waals surface area contributed by atoms with Crippen molar-refractivity contribution < 1.29 is 14.3 Å². The van der Waals surface area contributed by atoms with Crippen molar-refractivity contribution >= 4 is 17.2 Å². The predicted molar refractivity (Wildman–Crippen MR) is 93.1 cm³/mol. The van der Waals surface area contributed by atoms with Gasteiger partial charge in [0.05, 0.1) is 22.9 Å². The maximum Gasteiger partial charge on any atom is 0.246 e. The van der Waals surface area contributed by atoms with Crippen molar-refractivity contribution in [2.75, 3.05) is 33.4 Å². The zero-order chi connectivity index (χ0) is 17.0. The molecule has 2 atom stereocenters. The van der Waals surface area contributed by atoms with Crippen LogP contribution in [-0.4, -0.2) is 60.8 Å². The second-order valence-corrected chi connectivity index (χ2v) is 7.81. The van der Waals surface area contributed by atoms with Gasteiger partial charge in [-0.3, -0.25) is 9.69 Å². The average molecular weight is 353 g/mol. The van der Waals surface area contributed by atoms with Gasteiger partial charge in [-0.1, -0.05) is 0 Å². The molecular weight excluding hydrogens is 326 g/mol. The van der Waals surface area contributed by atoms with Gasteiger partial charge in [0.1, 0.15) is 6.61 Å². The van der Waals surface area contributed by atoms with Crippen molar-refractivity contribution in [3.63, 3.8) is 0 Å². The summed E-state index contributed by atoms with van der Waals surface area (Å²) in [4.78, 5) is 19.7. The largest absolute Gasteiger partial charge is 0.375 e. The number of amides is 1. The Labute approximate surface area is 147 Å². The summed E-state index contributed by atoms with van der Waals surface area (Å²) in [6, 6.07) is 0. The Morgan fingerprint density at radius 1 is 1.58 bits per heavy atom. The molecule has 1 spiro atoms. The molecule has 1 amide bonds. The first-order valence-corrected chi connectivity index (χ1v) is 9.53. The second kappa shape index (κ2) is 7.91. The highest BCUT2D eigenvalue weighted by Gasteiger charge is 2.43. The number of likely N-dealkylation sites (tertiary alicyclic amines) is 1. The monoisotopic (exact) mass is 353 g/mol. The summed E-state index contributed by atoms with van der Waals surface area (Å²) in [5.74, 6) is -0.0746. The zero-order valence-electron chi connectivity index (χ0n) is 14.5. The Bertz CT molecular complexity index is 565. The van der Waals surface area contributed by atoms with Gasteiger partial charge in [-0.05, 0) is 32.6 Å². The van der Waals surface area contributed by atoms with Crippen LogP contribution in [0.3, 0.4) is 0 Å². The van der Waals surface area contributed by atoms with Crippen LogP contribution in [0.2, 0.25) is 0 Å². The molecule has 2 saturated heterocycles. The Hall–Kier alpha value is -1.02. The molecule has 134 valence electrons. The molecule has 1 aromatic rings. The van der Waals surface area contributed by atoms with Crippen molar-refractivity contribution in [2.45, 2.75) is 50.9 Å². The van der Waals surface area contributed by atoms with Gasteiger partial charge >= 0.3 is 0 Å². The van der Waals surface area contributed by atoms with Crippen LogP contribution in [-0.2, 0) is 20.8 Å². The van der Waals surface area contributed by atoms with E-state index >= 15 is 0 Å². The maximum absolute atomic E-state index is 11.6. The first-order chi connectivity index (χ1) is 11.6. The highest BCUT2D eigenvalue weighted by molar-refractivity contribution is 7.09. The van der Waals surface area contributed by atoms with Crippen LogP contribution in [0, 0.1) is 6.92 Å². The van der Waals surface area contributed by atoms with Crippen LogP contribution in [0.5, 0.6) is 0 Å². The van der Waals surface area contributed by atoms with Gasteiger partial charge < -0.3 is 14.8 Å². The van der Waals surface area contributed by atoms with Crippen LogP contribution in [0.15, 0.2) is 5.51 Å². The Balaban J connectivity index is 1.50. The summed E-state index contributed by atoms with van der Waals surface area (Å²) < 4.78 is 11.3. The van der Waals surface area contributed by atoms with Gasteiger partial charge in [-0.25, -0.2) is 4.98 Å². The fraction of sp³-hybridized carbons (Fsp3) is 0.765. The molecule has 0 unspecified atom stereocenters. The standard InChI is InChI=1S/C17H27N3O3S/c1-13-15(24-12-19-13)9-20-7-6-17(11-20)5-3-4-14(23-17)8-18-16(21)10-22-2/h12,14H,3-11H2,1-2H3,(H,18,21)/t14-,17-/m1/s1. The molecular formula is C17H27N3O3S. The molecule has 0 bridgehead atoms. The first kappa shape index (κ1) is 17.8. The number of carbonyl (C=O) groups is 1. The predicted octanol–water partition coefficient (Wildman–Crippen LogP) is 1.73. The quantitative estimate of drug-likeness (QED) is 0.844. The fourth-order valence-corrected chi connectivity index (χ4v) is 4.54. The molecule has 2 aliphatic rings. The first-order valence-electron chi connectivity index (χ1n) is 8.65. The SMILES string of the molecule is COCC(=O)NC[C@H]1CCC[C@]2(CCN(Cc3scnc3C)C2)O1. The molecule has 1 aromatic heterocycles. The second-order valence-electron chi connectivity index (χ2n) is 6.87. The number of nitrogens with one attached hydrogen (secondary N) is 1. The molecule has 3 rings (SSSR count). The van der Waals surface area contributed by atoms with E-state index in [0.717, 1.165) is 51.0 Å². The van der Waals surface area contributed by atoms with E-state index in [9.17, 15) is 4.79 Å². The molecule has 6 nitrogen and oxygen atoms in total. The molecule has 0 aromatic carbocycles. The van der Waals surface area contributed by atoms with Gasteiger partial charge in [0.2, 0.25) is 5.91 Å². The van der Waals surface area contributed by atoms with Gasteiger partial charge in [0.25, 0.3) is 0 Å². The number of thiazole rings is 1. The number of aromatic nitrogens is 1. The Morgan fingerprint density at radius 3 is 3.21 bits per heavy atom. The maximum atomic E-state index is 11.6. The molecule has 24 heavy (non-hydrogen) atoms. The highest BCUT2D eigenvalue weighted by Crippen LogP contribution is 2.37. The molecule has 2 aliphatic heterocycles. The lowest BCUT2D eigenvalue weighted by Crippen LogP contribution is -2.47. The lowest BCUT2D eigenvalue weighted by molar-refractivity contribution is -0.132. The van der Waals surface area contributed by atoms with E-state index in [1.54, 1.807) is 11.3 Å². The third-order valence-electron chi connectivity index (χ3n) is 4.98. The number of rotatable bonds is 6. The van der Waals surface area contributed by atoms with Crippen molar-refractivity contribution in [1.29, 1.82) is 0 Å². The minimum absolute atomic E-state index is 0.0342. The van der Waals surface area contributed by atoms with Crippen LogP contribution < -0.4 is 5.32 Å². The van der Waals surface area contributed by atoms with E-state index in [0.29, 0.717) is 6.54 Å². The third-order valence-corrected chi connectivity index (χ3v) is 5.90. The normalized spacial score (nSPS) is 27.7. The van der Waals surface area contributed by atoms with E-state index in [2.05, 4.69) is 22.1 Å². The van der Waals surface area contributed by atoms with E-state index in [1.165, 1.54) is 12.0 Å². The van der Waals surface area contributed by atoms with Crippen LogP contribution in [0.4, 0.5) is 0 Å². The fourth-order valence-electron chi connectivity index (χ4n) is 3.72. The summed E-state index contributed by atoms with van der Waals surface area (Å²) in [5.41, 5.74) is 3.03. The van der Waals surface area contributed by atoms with Crippen molar-refractivity contribution in [3.8, 4) is 0 Å². The van der Waals surface area contributed by atoms with Crippen molar-refractivity contribution in [2.24, 2.45) is 0 Å². The number of nitrogens with zero attached hydrogens (tertiary/aromatic N) is 2. The summed E-state index contributed by atoms with van der Waals surface area (Å²) in [6.45, 7) is 5.79. The highest BCUT2D eigenvalue weighted by atomic mass is 32.1. The van der Waals surface area contributed by atoms with E-state index in [4.69, 9.17) is 9.47 Å². The smallest absolute Gasteiger partial charge is 0.246 e. The van der Waals surface area contributed by atoms with E-state index < -0.39 is 0 Å². The minimum Gasteiger partial charge on any atom is -0.375 e. The summed E-state index contributed by atoms with van der Waals surface area (Å²) in [7, 11) is 1.53. The summed E-state index contributed by atoms with van der Waals surface area (Å²) in [6.07, 6.45) is 4.49. The number of methoxy groups -OCH3 is 1. The van der Waals surface area contributed by atoms with E-state index in [1.807, 2.05) is 5.51 Å². The third kappa shape index (κ3) is 4.33. The zero-order valence-corrected chi connectivity index (χ0v) is 15.4. The van der Waals surface area contributed by atoms with Crippen LogP contribution in [0.1, 0.15) is 36.3 Å². The van der Waals surface area contributed by atoms with Crippen molar-refractivity contribution in [3.05, 3.63) is 16.1 Å². The van der Waals surface area contributed by atoms with Gasteiger partial charge in [-0.2, -0.15) is 0 Å². The number of carbonyl (C=O) groups excluding carboxylic acids is 1.